The number of hydrogen-bond acceptors (Lipinski definition) is 7. The molecule has 1 fully saturated rings. The summed E-state index contributed by atoms with van der Waals surface area (Å²) in [5.74, 6) is -0.346. The molecule has 12 heteroatoms. The van der Waals surface area contributed by atoms with Crippen molar-refractivity contribution in [2.45, 2.75) is 25.0 Å². The highest BCUT2D eigenvalue weighted by Crippen LogP contribution is 2.37. The van der Waals surface area contributed by atoms with E-state index in [1.807, 2.05) is 0 Å². The van der Waals surface area contributed by atoms with Gasteiger partial charge in [-0.05, 0) is 18.2 Å². The fourth-order valence-corrected chi connectivity index (χ4v) is 4.04. The lowest BCUT2D eigenvalue weighted by atomic mass is 9.99. The summed E-state index contributed by atoms with van der Waals surface area (Å²) in [5, 5.41) is 12.7. The van der Waals surface area contributed by atoms with Crippen LogP contribution in [0.5, 0.6) is 11.5 Å². The van der Waals surface area contributed by atoms with Crippen LogP contribution in [0.3, 0.4) is 0 Å². The standard InChI is InChI=1S/C22H21ClFN5O5/c1-33-17-9-15-12(21(27-10-26-15)28-14-4-2-3-13(23)19(14)24)8-18(17)34-11-5-6-29(22(31)32)16(7-11)20(25)30/h2-4,8-11,16H,5-7H2,1H3,(H2,25,30)(H,31,32)(H,26,27,28)/t11-,16-/m1/s1. The lowest BCUT2D eigenvalue weighted by Crippen LogP contribution is -2.54. The molecular weight excluding hydrogens is 469 g/mol. The van der Waals surface area contributed by atoms with Crippen LogP contribution < -0.4 is 20.5 Å². The van der Waals surface area contributed by atoms with Crippen LogP contribution >= 0.6 is 11.6 Å². The van der Waals surface area contributed by atoms with Gasteiger partial charge in [0, 0.05) is 30.8 Å². The molecule has 3 aromatic rings. The second-order valence-corrected chi connectivity index (χ2v) is 8.03. The molecule has 0 bridgehead atoms. The Kier molecular flexibility index (Phi) is 6.55. The first-order valence-electron chi connectivity index (χ1n) is 10.3. The van der Waals surface area contributed by atoms with E-state index in [9.17, 15) is 19.1 Å². The Morgan fingerprint density at radius 3 is 2.79 bits per heavy atom. The van der Waals surface area contributed by atoms with Crippen molar-refractivity contribution in [3.8, 4) is 11.5 Å². The number of ether oxygens (including phenoxy) is 2. The third-order valence-corrected chi connectivity index (χ3v) is 5.84. The third kappa shape index (κ3) is 4.60. The summed E-state index contributed by atoms with van der Waals surface area (Å²) in [7, 11) is 1.47. The topological polar surface area (TPSA) is 140 Å². The summed E-state index contributed by atoms with van der Waals surface area (Å²) in [5.41, 5.74) is 6.06. The number of nitrogens with one attached hydrogen (secondary N) is 1. The summed E-state index contributed by atoms with van der Waals surface area (Å²) in [6.07, 6.45) is 0.0538. The van der Waals surface area contributed by atoms with Crippen LogP contribution in [0, 0.1) is 5.82 Å². The van der Waals surface area contributed by atoms with Gasteiger partial charge in [0.05, 0.1) is 23.3 Å². The minimum Gasteiger partial charge on any atom is -0.493 e. The molecule has 1 aliphatic rings. The van der Waals surface area contributed by atoms with Crippen LogP contribution in [0.4, 0.5) is 20.7 Å². The molecule has 1 aromatic heterocycles. The first-order chi connectivity index (χ1) is 16.3. The second-order valence-electron chi connectivity index (χ2n) is 7.63. The molecular formula is C22H21ClFN5O5. The predicted octanol–water partition coefficient (Wildman–Crippen LogP) is 3.55. The van der Waals surface area contributed by atoms with Gasteiger partial charge in [0.25, 0.3) is 0 Å². The van der Waals surface area contributed by atoms with Crippen molar-refractivity contribution in [1.82, 2.24) is 14.9 Å². The Hall–Kier alpha value is -3.86. The van der Waals surface area contributed by atoms with E-state index in [1.165, 1.54) is 25.6 Å². The highest BCUT2D eigenvalue weighted by molar-refractivity contribution is 6.31. The Morgan fingerprint density at radius 1 is 1.29 bits per heavy atom. The van der Waals surface area contributed by atoms with Crippen molar-refractivity contribution in [2.75, 3.05) is 19.0 Å². The third-order valence-electron chi connectivity index (χ3n) is 5.55. The molecule has 0 saturated carbocycles. The number of amides is 2. The maximum atomic E-state index is 14.4. The lowest BCUT2D eigenvalue weighted by Gasteiger charge is -2.36. The molecule has 10 nitrogen and oxygen atoms in total. The van der Waals surface area contributed by atoms with Crippen molar-refractivity contribution >= 4 is 46.0 Å². The molecule has 2 amide bonds. The van der Waals surface area contributed by atoms with Crippen LogP contribution in [0.2, 0.25) is 5.02 Å². The van der Waals surface area contributed by atoms with Gasteiger partial charge in [-0.15, -0.1) is 0 Å². The van der Waals surface area contributed by atoms with Crippen molar-refractivity contribution in [2.24, 2.45) is 5.73 Å². The van der Waals surface area contributed by atoms with E-state index in [0.29, 0.717) is 34.6 Å². The first-order valence-corrected chi connectivity index (χ1v) is 10.7. The smallest absolute Gasteiger partial charge is 0.407 e. The summed E-state index contributed by atoms with van der Waals surface area (Å²) in [4.78, 5) is 32.7. The van der Waals surface area contributed by atoms with Crippen LogP contribution in [0.1, 0.15) is 12.8 Å². The van der Waals surface area contributed by atoms with Crippen LogP contribution in [0.15, 0.2) is 36.7 Å². The van der Waals surface area contributed by atoms with Gasteiger partial charge in [-0.2, -0.15) is 0 Å². The fraction of sp³-hybridized carbons (Fsp3) is 0.273. The highest BCUT2D eigenvalue weighted by atomic mass is 35.5. The van der Waals surface area contributed by atoms with Crippen LogP contribution in [-0.2, 0) is 4.79 Å². The van der Waals surface area contributed by atoms with Gasteiger partial charge in [-0.3, -0.25) is 9.69 Å². The molecule has 0 unspecified atom stereocenters. The average Bonchev–Trinajstić information content (AvgIpc) is 2.81. The maximum absolute atomic E-state index is 14.4. The van der Waals surface area contributed by atoms with Gasteiger partial charge in [0.2, 0.25) is 5.91 Å². The van der Waals surface area contributed by atoms with Gasteiger partial charge in [0.1, 0.15) is 24.3 Å². The van der Waals surface area contributed by atoms with E-state index in [4.69, 9.17) is 26.8 Å². The molecule has 34 heavy (non-hydrogen) atoms. The van der Waals surface area contributed by atoms with Crippen molar-refractivity contribution < 1.29 is 28.6 Å². The number of carboxylic acid groups (broad SMARTS) is 1. The molecule has 2 atom stereocenters. The summed E-state index contributed by atoms with van der Waals surface area (Å²) in [6, 6.07) is 6.84. The number of piperidine rings is 1. The Balaban J connectivity index is 1.66. The lowest BCUT2D eigenvalue weighted by molar-refractivity contribution is -0.125. The number of hydrogen-bond donors (Lipinski definition) is 3. The molecule has 1 saturated heterocycles. The number of anilines is 2. The number of carbonyl (C=O) groups excluding carboxylic acids is 1. The molecule has 2 aromatic carbocycles. The SMILES string of the molecule is COc1cc2ncnc(Nc3cccc(Cl)c3F)c2cc1O[C@@H]1CCN(C(=O)O)[C@@H](C(N)=O)C1. The first kappa shape index (κ1) is 23.3. The van der Waals surface area contributed by atoms with Crippen molar-refractivity contribution in [3.05, 3.63) is 47.5 Å². The number of primary amides is 1. The molecule has 2 heterocycles. The van der Waals surface area contributed by atoms with E-state index in [-0.39, 0.29) is 23.7 Å². The van der Waals surface area contributed by atoms with Crippen molar-refractivity contribution in [3.63, 3.8) is 0 Å². The van der Waals surface area contributed by atoms with E-state index >= 15 is 0 Å². The normalized spacial score (nSPS) is 17.9. The fourth-order valence-electron chi connectivity index (χ4n) is 3.86. The molecule has 4 N–H and O–H groups in total. The van der Waals surface area contributed by atoms with Gasteiger partial charge < -0.3 is 25.6 Å². The molecule has 0 radical (unpaired) electrons. The van der Waals surface area contributed by atoms with E-state index in [1.54, 1.807) is 18.2 Å². The molecule has 0 spiro atoms. The number of fused-ring (bicyclic) bond motifs is 1. The number of rotatable bonds is 6. The zero-order chi connectivity index (χ0) is 24.4. The monoisotopic (exact) mass is 489 g/mol. The Morgan fingerprint density at radius 2 is 2.09 bits per heavy atom. The largest absolute Gasteiger partial charge is 0.493 e. The molecule has 0 aliphatic carbocycles. The van der Waals surface area contributed by atoms with E-state index < -0.39 is 30.0 Å². The van der Waals surface area contributed by atoms with E-state index in [2.05, 4.69) is 15.3 Å². The summed E-state index contributed by atoms with van der Waals surface area (Å²) in [6.45, 7) is 0.0907. The van der Waals surface area contributed by atoms with Gasteiger partial charge in [-0.1, -0.05) is 17.7 Å². The van der Waals surface area contributed by atoms with Gasteiger partial charge in [0.15, 0.2) is 17.3 Å². The molecule has 178 valence electrons. The zero-order valence-corrected chi connectivity index (χ0v) is 18.8. The number of aromatic nitrogens is 2. The number of halogens is 2. The van der Waals surface area contributed by atoms with E-state index in [0.717, 1.165) is 4.90 Å². The minimum absolute atomic E-state index is 0.0363. The van der Waals surface area contributed by atoms with Gasteiger partial charge in [-0.25, -0.2) is 19.2 Å². The number of nitrogens with two attached hydrogens (primary N) is 1. The number of likely N-dealkylation sites (tertiary alicyclic amines) is 1. The number of nitrogens with zero attached hydrogens (tertiary/aromatic N) is 3. The zero-order valence-electron chi connectivity index (χ0n) is 18.0. The maximum Gasteiger partial charge on any atom is 0.407 e. The Labute approximate surface area is 198 Å². The van der Waals surface area contributed by atoms with Crippen molar-refractivity contribution in [1.29, 1.82) is 0 Å². The van der Waals surface area contributed by atoms with Crippen LogP contribution in [0.25, 0.3) is 10.9 Å². The van der Waals surface area contributed by atoms with Crippen LogP contribution in [-0.4, -0.2) is 57.8 Å². The summed E-state index contributed by atoms with van der Waals surface area (Å²) >= 11 is 5.88. The van der Waals surface area contributed by atoms with Gasteiger partial charge >= 0.3 is 6.09 Å². The average molecular weight is 490 g/mol. The summed E-state index contributed by atoms with van der Waals surface area (Å²) < 4.78 is 26.0. The quantitative estimate of drug-likeness (QED) is 0.477. The minimum atomic E-state index is -1.22. The molecule has 4 rings (SSSR count). The second kappa shape index (κ2) is 9.56. The Bertz CT molecular complexity index is 1260. The number of carbonyl (C=O) groups is 2. The number of benzene rings is 2. The number of methoxy groups -OCH3 is 1. The predicted molar refractivity (Wildman–Crippen MR) is 122 cm³/mol. The molecule has 1 aliphatic heterocycles. The highest BCUT2D eigenvalue weighted by Gasteiger charge is 2.36.